The highest BCUT2D eigenvalue weighted by Crippen LogP contribution is 2.34. The highest BCUT2D eigenvalue weighted by Gasteiger charge is 2.20. The fourth-order valence-corrected chi connectivity index (χ4v) is 2.50. The number of Topliss-reactive ketones (excluding diaryl/α,β-unsaturated/α-hetero) is 1. The number of nitrogens with zero attached hydrogens (tertiary/aromatic N) is 1. The van der Waals surface area contributed by atoms with Crippen LogP contribution in [0.2, 0.25) is 0 Å². The highest BCUT2D eigenvalue weighted by molar-refractivity contribution is 5.94. The minimum atomic E-state index is -0.217. The van der Waals surface area contributed by atoms with Crippen molar-refractivity contribution in [2.45, 2.75) is 13.3 Å². The smallest absolute Gasteiger partial charge is 0.159 e. The number of hydrogen-bond acceptors (Lipinski definition) is 2. The van der Waals surface area contributed by atoms with Crippen molar-refractivity contribution in [1.29, 1.82) is 0 Å². The Kier molecular flexibility index (Phi) is 2.82. The predicted octanol–water partition coefficient (Wildman–Crippen LogP) is 3.72. The minimum absolute atomic E-state index is 0.0550. The number of benzene rings is 2. The summed E-state index contributed by atoms with van der Waals surface area (Å²) in [4.78, 5) is 13.3. The fraction of sp³-hybridized carbons (Fsp3) is 0.188. The van der Waals surface area contributed by atoms with Gasteiger partial charge in [0.2, 0.25) is 0 Å². The second-order valence-electron chi connectivity index (χ2n) is 4.78. The molecule has 0 saturated heterocycles. The predicted molar refractivity (Wildman–Crippen MR) is 73.6 cm³/mol. The first kappa shape index (κ1) is 11.9. The van der Waals surface area contributed by atoms with Crippen molar-refractivity contribution in [2.24, 2.45) is 0 Å². The van der Waals surface area contributed by atoms with Crippen molar-refractivity contribution >= 4 is 17.2 Å². The summed E-state index contributed by atoms with van der Waals surface area (Å²) < 4.78 is 13.3. The molecule has 0 spiro atoms. The molecule has 0 saturated carbocycles. The molecule has 0 radical (unpaired) electrons. The van der Waals surface area contributed by atoms with Gasteiger partial charge in [0.25, 0.3) is 0 Å². The van der Waals surface area contributed by atoms with Crippen LogP contribution in [0.25, 0.3) is 0 Å². The van der Waals surface area contributed by atoms with E-state index in [4.69, 9.17) is 0 Å². The molecule has 0 aromatic heterocycles. The Morgan fingerprint density at radius 1 is 1.16 bits per heavy atom. The van der Waals surface area contributed by atoms with Crippen LogP contribution in [0.1, 0.15) is 22.8 Å². The molecule has 0 bridgehead atoms. The molecule has 1 aliphatic heterocycles. The summed E-state index contributed by atoms with van der Waals surface area (Å²) in [5, 5.41) is 0. The van der Waals surface area contributed by atoms with Gasteiger partial charge in [0, 0.05) is 23.5 Å². The van der Waals surface area contributed by atoms with Gasteiger partial charge in [-0.15, -0.1) is 0 Å². The second kappa shape index (κ2) is 4.50. The number of halogens is 1. The average Bonchev–Trinajstić information content (AvgIpc) is 2.81. The molecule has 0 aliphatic carbocycles. The molecular formula is C16H14FNO. The van der Waals surface area contributed by atoms with Crippen molar-refractivity contribution in [3.8, 4) is 0 Å². The third-order valence-electron chi connectivity index (χ3n) is 3.53. The van der Waals surface area contributed by atoms with Crippen LogP contribution in [0.5, 0.6) is 0 Å². The summed E-state index contributed by atoms with van der Waals surface area (Å²) in [6.45, 7) is 2.40. The molecule has 0 unspecified atom stereocenters. The lowest BCUT2D eigenvalue weighted by Gasteiger charge is -2.19. The molecule has 2 nitrogen and oxygen atoms in total. The number of carbonyl (C=O) groups excluding carboxylic acids is 1. The lowest BCUT2D eigenvalue weighted by Crippen LogP contribution is -2.13. The van der Waals surface area contributed by atoms with E-state index in [0.29, 0.717) is 5.56 Å². The van der Waals surface area contributed by atoms with Crippen LogP contribution in [0, 0.1) is 5.82 Å². The molecule has 0 fully saturated rings. The van der Waals surface area contributed by atoms with Crippen molar-refractivity contribution in [2.75, 3.05) is 11.4 Å². The number of rotatable bonds is 2. The van der Waals surface area contributed by atoms with Crippen molar-refractivity contribution in [3.63, 3.8) is 0 Å². The monoisotopic (exact) mass is 255 g/mol. The Hall–Kier alpha value is -2.16. The summed E-state index contributed by atoms with van der Waals surface area (Å²) in [6, 6.07) is 12.4. The van der Waals surface area contributed by atoms with Crippen LogP contribution in [0.4, 0.5) is 15.8 Å². The van der Waals surface area contributed by atoms with Gasteiger partial charge in [0.15, 0.2) is 5.78 Å². The first-order valence-electron chi connectivity index (χ1n) is 6.32. The molecule has 2 aromatic rings. The van der Waals surface area contributed by atoms with Crippen LogP contribution in [-0.4, -0.2) is 12.3 Å². The quantitative estimate of drug-likeness (QED) is 0.762. The molecule has 0 atom stereocenters. The van der Waals surface area contributed by atoms with Gasteiger partial charge in [0.1, 0.15) is 5.82 Å². The van der Waals surface area contributed by atoms with Crippen LogP contribution in [-0.2, 0) is 6.42 Å². The lowest BCUT2D eigenvalue weighted by molar-refractivity contribution is 0.101. The molecule has 19 heavy (non-hydrogen) atoms. The Balaban J connectivity index is 1.97. The highest BCUT2D eigenvalue weighted by atomic mass is 19.1. The first-order valence-corrected chi connectivity index (χ1v) is 6.32. The zero-order chi connectivity index (χ0) is 13.4. The first-order chi connectivity index (χ1) is 9.15. The normalized spacial score (nSPS) is 13.5. The van der Waals surface area contributed by atoms with Gasteiger partial charge >= 0.3 is 0 Å². The van der Waals surface area contributed by atoms with Gasteiger partial charge in [-0.2, -0.15) is 0 Å². The SMILES string of the molecule is CC(=O)c1ccc(N2CCc3ccc(F)cc32)cc1. The maximum Gasteiger partial charge on any atom is 0.159 e. The fourth-order valence-electron chi connectivity index (χ4n) is 2.50. The Bertz CT molecular complexity index is 634. The van der Waals surface area contributed by atoms with Gasteiger partial charge in [-0.1, -0.05) is 6.07 Å². The standard InChI is InChI=1S/C16H14FNO/c1-11(19)12-3-6-15(7-4-12)18-9-8-13-2-5-14(17)10-16(13)18/h2-7,10H,8-9H2,1H3. The molecule has 96 valence electrons. The van der Waals surface area contributed by atoms with Crippen LogP contribution >= 0.6 is 0 Å². The van der Waals surface area contributed by atoms with Gasteiger partial charge in [-0.25, -0.2) is 4.39 Å². The van der Waals surface area contributed by atoms with E-state index in [1.54, 1.807) is 13.0 Å². The maximum absolute atomic E-state index is 13.3. The van der Waals surface area contributed by atoms with Gasteiger partial charge in [0.05, 0.1) is 0 Å². The maximum atomic E-state index is 13.3. The van der Waals surface area contributed by atoms with Crippen molar-refractivity contribution < 1.29 is 9.18 Å². The van der Waals surface area contributed by atoms with Crippen molar-refractivity contribution in [1.82, 2.24) is 0 Å². The van der Waals surface area contributed by atoms with Gasteiger partial charge in [-0.05, 0) is 55.3 Å². The molecule has 1 heterocycles. The average molecular weight is 255 g/mol. The molecule has 3 heteroatoms. The van der Waals surface area contributed by atoms with Gasteiger partial charge in [-0.3, -0.25) is 4.79 Å². The summed E-state index contributed by atoms with van der Waals surface area (Å²) >= 11 is 0. The van der Waals surface area contributed by atoms with E-state index in [0.717, 1.165) is 29.9 Å². The second-order valence-corrected chi connectivity index (χ2v) is 4.78. The van der Waals surface area contributed by atoms with E-state index in [9.17, 15) is 9.18 Å². The molecule has 3 rings (SSSR count). The summed E-state index contributed by atoms with van der Waals surface area (Å²) in [6.07, 6.45) is 0.921. The third kappa shape index (κ3) is 2.12. The van der Waals surface area contributed by atoms with Crippen LogP contribution < -0.4 is 4.90 Å². The number of hydrogen-bond donors (Lipinski definition) is 0. The summed E-state index contributed by atoms with van der Waals surface area (Å²) in [5.74, 6) is -0.162. The van der Waals surface area contributed by atoms with Crippen LogP contribution in [0.3, 0.4) is 0 Å². The van der Waals surface area contributed by atoms with E-state index < -0.39 is 0 Å². The van der Waals surface area contributed by atoms with E-state index in [-0.39, 0.29) is 11.6 Å². The Morgan fingerprint density at radius 3 is 2.58 bits per heavy atom. The van der Waals surface area contributed by atoms with E-state index in [1.807, 2.05) is 30.3 Å². The Morgan fingerprint density at radius 2 is 1.89 bits per heavy atom. The number of fused-ring (bicyclic) bond motifs is 1. The topological polar surface area (TPSA) is 20.3 Å². The molecule has 1 aliphatic rings. The zero-order valence-electron chi connectivity index (χ0n) is 10.7. The largest absolute Gasteiger partial charge is 0.341 e. The van der Waals surface area contributed by atoms with E-state index in [1.165, 1.54) is 6.07 Å². The van der Waals surface area contributed by atoms with Crippen molar-refractivity contribution in [3.05, 3.63) is 59.4 Å². The molecular weight excluding hydrogens is 241 g/mol. The number of carbonyl (C=O) groups is 1. The Labute approximate surface area is 111 Å². The van der Waals surface area contributed by atoms with E-state index in [2.05, 4.69) is 4.90 Å². The van der Waals surface area contributed by atoms with E-state index >= 15 is 0 Å². The lowest BCUT2D eigenvalue weighted by atomic mass is 10.1. The molecule has 0 N–H and O–H groups in total. The van der Waals surface area contributed by atoms with Crippen LogP contribution in [0.15, 0.2) is 42.5 Å². The number of anilines is 2. The third-order valence-corrected chi connectivity index (χ3v) is 3.53. The minimum Gasteiger partial charge on any atom is -0.341 e. The van der Waals surface area contributed by atoms with Gasteiger partial charge < -0.3 is 4.90 Å². The number of ketones is 1. The molecule has 2 aromatic carbocycles. The summed E-state index contributed by atoms with van der Waals surface area (Å²) in [7, 11) is 0. The molecule has 0 amide bonds. The zero-order valence-corrected chi connectivity index (χ0v) is 10.7. The summed E-state index contributed by atoms with van der Waals surface area (Å²) in [5.41, 5.74) is 3.78.